The fourth-order valence-electron chi connectivity index (χ4n) is 2.24. The van der Waals surface area contributed by atoms with Crippen LogP contribution < -0.4 is 0 Å². The van der Waals surface area contributed by atoms with Crippen molar-refractivity contribution in [3.63, 3.8) is 0 Å². The van der Waals surface area contributed by atoms with E-state index < -0.39 is 11.9 Å². The molecule has 0 aliphatic heterocycles. The van der Waals surface area contributed by atoms with Gasteiger partial charge in [0.2, 0.25) is 0 Å². The van der Waals surface area contributed by atoms with Crippen LogP contribution in [0.1, 0.15) is 19.7 Å². The van der Waals surface area contributed by atoms with Crippen molar-refractivity contribution in [2.24, 2.45) is 0 Å². The highest BCUT2D eigenvalue weighted by Crippen LogP contribution is 2.20. The molecule has 136 valence electrons. The minimum absolute atomic E-state index is 0.121. The fourth-order valence-corrected chi connectivity index (χ4v) is 2.24. The molecule has 27 heavy (non-hydrogen) atoms. The zero-order chi connectivity index (χ0) is 19.8. The second-order valence-corrected chi connectivity index (χ2v) is 5.09. The average molecular weight is 364 g/mol. The highest BCUT2D eigenvalue weighted by atomic mass is 16.5. The molecule has 0 aliphatic rings. The largest absolute Gasteiger partial charge is 0.462 e. The van der Waals surface area contributed by atoms with Crippen molar-refractivity contribution in [2.45, 2.75) is 13.8 Å². The number of carbonyl (C=O) groups is 2. The van der Waals surface area contributed by atoms with Gasteiger partial charge >= 0.3 is 11.9 Å². The van der Waals surface area contributed by atoms with Gasteiger partial charge in [-0.05, 0) is 26.0 Å². The van der Waals surface area contributed by atoms with E-state index in [0.29, 0.717) is 11.0 Å². The molecule has 2 rings (SSSR count). The van der Waals surface area contributed by atoms with Crippen molar-refractivity contribution >= 4 is 35.2 Å². The summed E-state index contributed by atoms with van der Waals surface area (Å²) < 4.78 is 11.2. The number of hydrogen-bond acceptors (Lipinski definition) is 7. The highest BCUT2D eigenvalue weighted by molar-refractivity contribution is 5.99. The minimum atomic E-state index is -0.784. The van der Waals surface area contributed by atoms with Gasteiger partial charge in [-0.2, -0.15) is 10.5 Å². The molecule has 8 heteroatoms. The van der Waals surface area contributed by atoms with Gasteiger partial charge in [0.15, 0.2) is 5.57 Å². The summed E-state index contributed by atoms with van der Waals surface area (Å²) in [5, 5.41) is 18.5. The summed E-state index contributed by atoms with van der Waals surface area (Å²) in [5.74, 6) is -1.37. The molecule has 0 saturated heterocycles. The van der Waals surface area contributed by atoms with Crippen LogP contribution in [0.15, 0.2) is 35.4 Å². The zero-order valence-corrected chi connectivity index (χ0v) is 14.8. The molecule has 0 saturated carbocycles. The van der Waals surface area contributed by atoms with Crippen molar-refractivity contribution in [1.82, 2.24) is 9.55 Å². The molecule has 1 aromatic carbocycles. The molecule has 1 heterocycles. The molecule has 0 unspecified atom stereocenters. The predicted molar refractivity (Wildman–Crippen MR) is 96.5 cm³/mol. The van der Waals surface area contributed by atoms with Crippen molar-refractivity contribution in [3.8, 4) is 12.1 Å². The van der Waals surface area contributed by atoms with Crippen LogP contribution in [0.4, 0.5) is 0 Å². The van der Waals surface area contributed by atoms with Gasteiger partial charge in [0.05, 0.1) is 24.2 Å². The first kappa shape index (κ1) is 19.4. The van der Waals surface area contributed by atoms with Crippen LogP contribution in [0.3, 0.4) is 0 Å². The van der Waals surface area contributed by atoms with E-state index in [0.717, 1.165) is 0 Å². The third kappa shape index (κ3) is 4.39. The van der Waals surface area contributed by atoms with E-state index in [-0.39, 0.29) is 30.2 Å². The summed E-state index contributed by atoms with van der Waals surface area (Å²) >= 11 is 0. The van der Waals surface area contributed by atoms with Crippen LogP contribution in [0, 0.1) is 22.7 Å². The summed E-state index contributed by atoms with van der Waals surface area (Å²) in [4.78, 5) is 28.2. The number of fused-ring (bicyclic) bond motifs is 1. The van der Waals surface area contributed by atoms with E-state index in [2.05, 4.69) is 4.98 Å². The van der Waals surface area contributed by atoms with Crippen LogP contribution in [0.25, 0.3) is 23.3 Å². The summed E-state index contributed by atoms with van der Waals surface area (Å²) in [6.07, 6.45) is 2.51. The van der Waals surface area contributed by atoms with E-state index in [4.69, 9.17) is 9.47 Å². The van der Waals surface area contributed by atoms with Crippen LogP contribution in [0.5, 0.6) is 0 Å². The van der Waals surface area contributed by atoms with Crippen LogP contribution >= 0.6 is 0 Å². The Morgan fingerprint density at radius 3 is 2.26 bits per heavy atom. The van der Waals surface area contributed by atoms with E-state index in [1.54, 1.807) is 50.3 Å². The Morgan fingerprint density at radius 1 is 1.07 bits per heavy atom. The maximum absolute atomic E-state index is 11.9. The van der Waals surface area contributed by atoms with Crippen LogP contribution in [0.2, 0.25) is 0 Å². The lowest BCUT2D eigenvalue weighted by Crippen LogP contribution is -2.08. The van der Waals surface area contributed by atoms with Crippen molar-refractivity contribution in [2.75, 3.05) is 13.2 Å². The molecule has 2 aromatic rings. The molecule has 0 amide bonds. The highest BCUT2D eigenvalue weighted by Gasteiger charge is 2.16. The van der Waals surface area contributed by atoms with E-state index in [1.807, 2.05) is 0 Å². The lowest BCUT2D eigenvalue weighted by Gasteiger charge is -2.04. The van der Waals surface area contributed by atoms with Gasteiger partial charge in [0.25, 0.3) is 0 Å². The number of benzene rings is 1. The molecule has 0 atom stereocenters. The van der Waals surface area contributed by atoms with E-state index in [9.17, 15) is 20.1 Å². The number of aromatic nitrogens is 2. The number of rotatable bonds is 6. The molecule has 0 N–H and O–H groups in total. The molecule has 0 aliphatic carbocycles. The first-order chi connectivity index (χ1) is 13.0. The third-order valence-corrected chi connectivity index (χ3v) is 3.39. The Kier molecular flexibility index (Phi) is 6.45. The van der Waals surface area contributed by atoms with Crippen molar-refractivity contribution < 1.29 is 19.1 Å². The summed E-state index contributed by atoms with van der Waals surface area (Å²) in [6.45, 7) is 3.50. The maximum Gasteiger partial charge on any atom is 0.350 e. The molecule has 0 radical (unpaired) electrons. The first-order valence-corrected chi connectivity index (χ1v) is 8.10. The molecular weight excluding hydrogens is 348 g/mol. The van der Waals surface area contributed by atoms with Gasteiger partial charge in [-0.25, -0.2) is 14.6 Å². The number of imidazole rings is 1. The lowest BCUT2D eigenvalue weighted by atomic mass is 10.2. The molecule has 0 bridgehead atoms. The summed E-state index contributed by atoms with van der Waals surface area (Å²) in [5.41, 5.74) is 0.644. The fraction of sp³-hybridized carbons (Fsp3) is 0.211. The normalized spacial score (nSPS) is 11.6. The third-order valence-electron chi connectivity index (χ3n) is 3.39. The van der Waals surface area contributed by atoms with Gasteiger partial charge in [0.1, 0.15) is 23.5 Å². The van der Waals surface area contributed by atoms with E-state index in [1.165, 1.54) is 16.8 Å². The zero-order valence-electron chi connectivity index (χ0n) is 14.8. The second-order valence-electron chi connectivity index (χ2n) is 5.09. The summed E-state index contributed by atoms with van der Waals surface area (Å²) in [6, 6.07) is 10.5. The van der Waals surface area contributed by atoms with E-state index >= 15 is 0 Å². The number of nitrogens with zero attached hydrogens (tertiary/aromatic N) is 4. The first-order valence-electron chi connectivity index (χ1n) is 8.10. The van der Waals surface area contributed by atoms with Gasteiger partial charge in [-0.1, -0.05) is 12.1 Å². The number of hydrogen-bond donors (Lipinski definition) is 0. The van der Waals surface area contributed by atoms with Crippen molar-refractivity contribution in [3.05, 3.63) is 41.2 Å². The smallest absolute Gasteiger partial charge is 0.350 e. The minimum Gasteiger partial charge on any atom is -0.462 e. The van der Waals surface area contributed by atoms with Gasteiger partial charge in [-0.3, -0.25) is 4.57 Å². The number of para-hydroxylation sites is 2. The quantitative estimate of drug-likeness (QED) is 0.439. The molecule has 8 nitrogen and oxygen atoms in total. The molecule has 1 aromatic heterocycles. The molecular formula is C19H16N4O4. The average Bonchev–Trinajstić information content (AvgIpc) is 3.01. The van der Waals surface area contributed by atoms with Gasteiger partial charge in [-0.15, -0.1) is 0 Å². The maximum atomic E-state index is 11.9. The van der Waals surface area contributed by atoms with Crippen molar-refractivity contribution in [1.29, 1.82) is 10.5 Å². The monoisotopic (exact) mass is 364 g/mol. The van der Waals surface area contributed by atoms with Gasteiger partial charge < -0.3 is 9.47 Å². The molecule has 0 spiro atoms. The Labute approximate surface area is 155 Å². The SMILES string of the molecule is CCOC(=O)/C(C#N)=C\n1c(/C=C(\C#N)C(=O)OCC)nc2ccccc21. The number of nitriles is 2. The second kappa shape index (κ2) is 8.97. The molecule has 0 fully saturated rings. The summed E-state index contributed by atoms with van der Waals surface area (Å²) in [7, 11) is 0. The number of esters is 2. The van der Waals surface area contributed by atoms with Gasteiger partial charge in [0, 0.05) is 12.3 Å². The van der Waals surface area contributed by atoms with Crippen LogP contribution in [-0.4, -0.2) is 34.7 Å². The number of carbonyl (C=O) groups excluding carboxylic acids is 2. The standard InChI is InChI=1S/C19H16N4O4/c1-3-26-18(24)13(10-20)9-17-22-15-7-5-6-8-16(15)23(17)12-14(11-21)19(25)27-4-2/h5-9,12H,3-4H2,1-2H3/b13-9+,14-12-. The number of ether oxygens (including phenoxy) is 2. The predicted octanol–water partition coefficient (Wildman–Crippen LogP) is 2.43. The lowest BCUT2D eigenvalue weighted by molar-refractivity contribution is -0.138. The topological polar surface area (TPSA) is 118 Å². The van der Waals surface area contributed by atoms with Crippen LogP contribution in [-0.2, 0) is 19.1 Å². The Hall–Kier alpha value is -3.91. The Balaban J connectivity index is 2.66. The Bertz CT molecular complexity index is 1020. The Morgan fingerprint density at radius 2 is 1.67 bits per heavy atom.